The zero-order valence-electron chi connectivity index (χ0n) is 21.1. The number of nitrogens with two attached hydrogens (primary N) is 3. The van der Waals surface area contributed by atoms with Crippen LogP contribution < -0.4 is 31.6 Å². The molecular weight excluding hydrogens is 530 g/mol. The van der Waals surface area contributed by atoms with Gasteiger partial charge in [0.2, 0.25) is 11.6 Å². The average Bonchev–Trinajstić information content (AvgIpc) is 2.88. The number of guanidine groups is 1. The Morgan fingerprint density at radius 3 is 2.42 bits per heavy atom. The van der Waals surface area contributed by atoms with Gasteiger partial charge in [-0.05, 0) is 37.3 Å². The minimum atomic E-state index is -1.22. The maximum atomic E-state index is 15.9. The fraction of sp³-hybridized carbons (Fsp3) is 0.200. The van der Waals surface area contributed by atoms with Crippen LogP contribution in [0.1, 0.15) is 12.5 Å². The van der Waals surface area contributed by atoms with Gasteiger partial charge in [0.15, 0.2) is 17.5 Å². The Balaban J connectivity index is 1.81. The van der Waals surface area contributed by atoms with E-state index in [2.05, 4.69) is 9.98 Å². The van der Waals surface area contributed by atoms with Gasteiger partial charge in [0.25, 0.3) is 11.8 Å². The number of rotatable bonds is 7. The van der Waals surface area contributed by atoms with E-state index in [1.54, 1.807) is 13.0 Å². The summed E-state index contributed by atoms with van der Waals surface area (Å²) in [7, 11) is 0. The van der Waals surface area contributed by atoms with Gasteiger partial charge in [-0.15, -0.1) is 0 Å². The number of phenolic OH excluding ortho intramolecular Hbond substituents is 1. The molecule has 1 fully saturated rings. The molecule has 2 heterocycles. The molecule has 1 aliphatic rings. The smallest absolute Gasteiger partial charge is 0.407 e. The molecule has 40 heavy (non-hydrogen) atoms. The minimum Gasteiger partial charge on any atom is -0.504 e. The van der Waals surface area contributed by atoms with Crippen molar-refractivity contribution in [3.63, 3.8) is 0 Å². The second-order valence-electron chi connectivity index (χ2n) is 8.80. The fourth-order valence-corrected chi connectivity index (χ4v) is 4.09. The zero-order valence-corrected chi connectivity index (χ0v) is 21.1. The van der Waals surface area contributed by atoms with Gasteiger partial charge in [-0.1, -0.05) is 6.07 Å². The van der Waals surface area contributed by atoms with Gasteiger partial charge in [-0.25, -0.2) is 9.79 Å². The van der Waals surface area contributed by atoms with E-state index < -0.39 is 47.0 Å². The van der Waals surface area contributed by atoms with E-state index in [-0.39, 0.29) is 48.5 Å². The van der Waals surface area contributed by atoms with Crippen LogP contribution in [0.2, 0.25) is 0 Å². The molecule has 0 spiro atoms. The molecule has 15 heteroatoms. The minimum absolute atomic E-state index is 0.0186. The maximum absolute atomic E-state index is 15.9. The molecule has 0 bridgehead atoms. The first-order valence-corrected chi connectivity index (χ1v) is 11.8. The predicted molar refractivity (Wildman–Crippen MR) is 142 cm³/mol. The molecule has 1 aliphatic heterocycles. The van der Waals surface area contributed by atoms with Crippen LogP contribution in [0.25, 0.3) is 0 Å². The number of amidine groups is 1. The van der Waals surface area contributed by atoms with E-state index in [0.29, 0.717) is 5.69 Å². The van der Waals surface area contributed by atoms with Gasteiger partial charge < -0.3 is 46.7 Å². The summed E-state index contributed by atoms with van der Waals surface area (Å²) in [5.74, 6) is -5.05. The summed E-state index contributed by atoms with van der Waals surface area (Å²) in [5, 5.41) is 27.2. The zero-order chi connectivity index (χ0) is 29.1. The number of benzene rings is 2. The second-order valence-corrected chi connectivity index (χ2v) is 8.80. The summed E-state index contributed by atoms with van der Waals surface area (Å²) in [6, 6.07) is 9.05. The first-order chi connectivity index (χ1) is 18.9. The fourth-order valence-electron chi connectivity index (χ4n) is 4.09. The van der Waals surface area contributed by atoms with Gasteiger partial charge in [0.05, 0.1) is 5.69 Å². The molecule has 1 atom stereocenters. The Morgan fingerprint density at radius 1 is 1.10 bits per heavy atom. The highest BCUT2D eigenvalue weighted by Gasteiger charge is 2.34. The normalized spacial score (nSPS) is 14.9. The van der Waals surface area contributed by atoms with Crippen LogP contribution in [0.3, 0.4) is 0 Å². The van der Waals surface area contributed by atoms with Gasteiger partial charge in [-0.3, -0.25) is 5.41 Å². The highest BCUT2D eigenvalue weighted by Crippen LogP contribution is 2.41. The molecule has 1 saturated heterocycles. The van der Waals surface area contributed by atoms with Crippen LogP contribution in [0.15, 0.2) is 47.5 Å². The van der Waals surface area contributed by atoms with E-state index in [1.807, 2.05) is 0 Å². The van der Waals surface area contributed by atoms with Crippen LogP contribution in [0, 0.1) is 17.0 Å². The summed E-state index contributed by atoms with van der Waals surface area (Å²) < 4.78 is 43.0. The Morgan fingerprint density at radius 2 is 1.80 bits per heavy atom. The molecule has 210 valence electrons. The Kier molecular flexibility index (Phi) is 7.74. The topological polar surface area (TPSA) is 210 Å². The lowest BCUT2D eigenvalue weighted by Crippen LogP contribution is -2.54. The molecule has 3 aromatic rings. The quantitative estimate of drug-likeness (QED) is 0.185. The highest BCUT2D eigenvalue weighted by molar-refractivity contribution is 5.95. The third-order valence-electron chi connectivity index (χ3n) is 5.95. The van der Waals surface area contributed by atoms with E-state index in [4.69, 9.17) is 32.1 Å². The SMILES string of the molecule is CC1CN(C(=O)O)CCN1c1c(F)c(Oc2cccc(N=C(N)N)c2)nc(Oc2cc(C(=N)N)ccc2O)c1F. The Hall–Kier alpha value is -5.34. The van der Waals surface area contributed by atoms with Gasteiger partial charge in [-0.2, -0.15) is 13.8 Å². The molecule has 2 aromatic carbocycles. The number of aromatic hydroxyl groups is 1. The number of aliphatic imine (C=N–C) groups is 1. The standard InChI is InChI=1S/C25H26F2N8O5/c1-12-11-34(25(37)38)7-8-35(12)20-18(26)22(39-15-4-2-3-14(10-15)32-24(30)31)33-23(19(20)27)40-17-9-13(21(28)29)5-6-16(17)36/h2-6,9-10,12,36H,7-8,11H2,1H3,(H3,28,29)(H,37,38)(H4,30,31,32). The number of hydrogen-bond donors (Lipinski definition) is 6. The number of piperazine rings is 1. The Labute approximate surface area is 226 Å². The lowest BCUT2D eigenvalue weighted by Gasteiger charge is -2.40. The molecular formula is C25H26F2N8O5. The number of hydrogen-bond acceptors (Lipinski definition) is 8. The lowest BCUT2D eigenvalue weighted by atomic mass is 10.1. The number of nitrogens with one attached hydrogen (secondary N) is 1. The van der Waals surface area contributed by atoms with E-state index in [0.717, 1.165) is 4.90 Å². The summed E-state index contributed by atoms with van der Waals surface area (Å²) >= 11 is 0. The number of carbonyl (C=O) groups is 1. The maximum Gasteiger partial charge on any atom is 0.407 e. The third-order valence-corrected chi connectivity index (χ3v) is 5.95. The van der Waals surface area contributed by atoms with Crippen LogP contribution in [-0.2, 0) is 0 Å². The first-order valence-electron chi connectivity index (χ1n) is 11.8. The Bertz CT molecular complexity index is 1500. The molecule has 0 radical (unpaired) electrons. The van der Waals surface area contributed by atoms with Crippen molar-refractivity contribution in [3.05, 3.63) is 59.7 Å². The van der Waals surface area contributed by atoms with Crippen molar-refractivity contribution in [2.75, 3.05) is 24.5 Å². The van der Waals surface area contributed by atoms with Crippen molar-refractivity contribution in [1.29, 1.82) is 5.41 Å². The molecule has 4 rings (SSSR count). The summed E-state index contributed by atoms with van der Waals surface area (Å²) in [6.07, 6.45) is -1.16. The first kappa shape index (κ1) is 27.7. The predicted octanol–water partition coefficient (Wildman–Crippen LogP) is 3.03. The largest absolute Gasteiger partial charge is 0.504 e. The van der Waals surface area contributed by atoms with Crippen molar-refractivity contribution in [1.82, 2.24) is 9.88 Å². The number of carboxylic acid groups (broad SMARTS) is 1. The number of nitrogen functional groups attached to an aromatic ring is 1. The van der Waals surface area contributed by atoms with Gasteiger partial charge in [0, 0.05) is 37.3 Å². The monoisotopic (exact) mass is 556 g/mol. The van der Waals surface area contributed by atoms with Crippen LogP contribution in [-0.4, -0.2) is 63.7 Å². The number of nitrogens with zero attached hydrogens (tertiary/aromatic N) is 4. The van der Waals surface area contributed by atoms with Crippen LogP contribution in [0.5, 0.6) is 29.0 Å². The van der Waals surface area contributed by atoms with Crippen molar-refractivity contribution in [2.24, 2.45) is 22.2 Å². The molecule has 9 N–H and O–H groups in total. The number of anilines is 1. The molecule has 0 saturated carbocycles. The van der Waals surface area contributed by atoms with E-state index in [9.17, 15) is 15.0 Å². The van der Waals surface area contributed by atoms with Crippen molar-refractivity contribution in [2.45, 2.75) is 13.0 Å². The summed E-state index contributed by atoms with van der Waals surface area (Å²) in [5.41, 5.74) is 16.2. The van der Waals surface area contributed by atoms with Crippen LogP contribution >= 0.6 is 0 Å². The average molecular weight is 557 g/mol. The lowest BCUT2D eigenvalue weighted by molar-refractivity contribution is 0.136. The van der Waals surface area contributed by atoms with Crippen molar-refractivity contribution < 1.29 is 33.3 Å². The number of pyridine rings is 1. The molecule has 1 aromatic heterocycles. The van der Waals surface area contributed by atoms with Crippen LogP contribution in [0.4, 0.5) is 25.0 Å². The van der Waals surface area contributed by atoms with Crippen molar-refractivity contribution >= 4 is 29.3 Å². The molecule has 1 unspecified atom stereocenters. The highest BCUT2D eigenvalue weighted by atomic mass is 19.1. The van der Waals surface area contributed by atoms with E-state index >= 15 is 8.78 Å². The number of amides is 1. The van der Waals surface area contributed by atoms with E-state index in [1.165, 1.54) is 41.3 Å². The molecule has 1 amide bonds. The number of phenols is 1. The number of halogens is 2. The number of ether oxygens (including phenoxy) is 2. The third kappa shape index (κ3) is 5.87. The van der Waals surface area contributed by atoms with Crippen molar-refractivity contribution in [3.8, 4) is 29.0 Å². The van der Waals surface area contributed by atoms with Gasteiger partial charge >= 0.3 is 6.09 Å². The van der Waals surface area contributed by atoms with Gasteiger partial charge in [0.1, 0.15) is 17.3 Å². The second kappa shape index (κ2) is 11.2. The number of aromatic nitrogens is 1. The molecule has 0 aliphatic carbocycles. The summed E-state index contributed by atoms with van der Waals surface area (Å²) in [6.45, 7) is 1.52. The molecule has 13 nitrogen and oxygen atoms in total. The summed E-state index contributed by atoms with van der Waals surface area (Å²) in [4.78, 5) is 21.7.